The van der Waals surface area contributed by atoms with Crippen LogP contribution in [0.3, 0.4) is 0 Å². The smallest absolute Gasteiger partial charge is 0.251 e. The number of rotatable bonds is 4. The fraction of sp³-hybridized carbons (Fsp3) is 0.125. The molecule has 2 N–H and O–H groups in total. The van der Waals surface area contributed by atoms with Gasteiger partial charge in [-0.05, 0) is 48.9 Å². The van der Waals surface area contributed by atoms with Gasteiger partial charge in [0.15, 0.2) is 0 Å². The molecule has 0 aliphatic heterocycles. The van der Waals surface area contributed by atoms with Gasteiger partial charge in [-0.25, -0.2) is 0 Å². The van der Waals surface area contributed by atoms with Gasteiger partial charge in [0, 0.05) is 16.3 Å². The lowest BCUT2D eigenvalue weighted by Crippen LogP contribution is -2.33. The van der Waals surface area contributed by atoms with Crippen molar-refractivity contribution in [2.75, 3.05) is 11.9 Å². The zero-order chi connectivity index (χ0) is 17.0. The third-order valence-corrected chi connectivity index (χ3v) is 4.03. The van der Waals surface area contributed by atoms with E-state index in [0.717, 1.165) is 5.56 Å². The molecule has 0 aromatic heterocycles. The van der Waals surface area contributed by atoms with Gasteiger partial charge in [0.1, 0.15) is 0 Å². The van der Waals surface area contributed by atoms with E-state index in [4.69, 9.17) is 34.8 Å². The molecular formula is C16H13Cl3N2O2. The van der Waals surface area contributed by atoms with Gasteiger partial charge in [-0.3, -0.25) is 9.59 Å². The molecule has 2 aromatic rings. The van der Waals surface area contributed by atoms with E-state index in [1.165, 1.54) is 18.2 Å². The maximum absolute atomic E-state index is 12.0. The van der Waals surface area contributed by atoms with Crippen molar-refractivity contribution in [2.24, 2.45) is 0 Å². The fourth-order valence-electron chi connectivity index (χ4n) is 1.86. The Labute approximate surface area is 148 Å². The van der Waals surface area contributed by atoms with Crippen molar-refractivity contribution in [2.45, 2.75) is 6.92 Å². The first-order valence-electron chi connectivity index (χ1n) is 6.66. The highest BCUT2D eigenvalue weighted by Gasteiger charge is 2.10. The van der Waals surface area contributed by atoms with Crippen molar-refractivity contribution in [1.29, 1.82) is 0 Å². The van der Waals surface area contributed by atoms with Crippen molar-refractivity contribution in [3.63, 3.8) is 0 Å². The highest BCUT2D eigenvalue weighted by atomic mass is 35.5. The second kappa shape index (κ2) is 7.68. The summed E-state index contributed by atoms with van der Waals surface area (Å²) in [6.45, 7) is 1.66. The Bertz CT molecular complexity index is 763. The van der Waals surface area contributed by atoms with Crippen LogP contribution in [0.1, 0.15) is 15.9 Å². The normalized spacial score (nSPS) is 10.3. The summed E-state index contributed by atoms with van der Waals surface area (Å²) in [5, 5.41) is 6.45. The van der Waals surface area contributed by atoms with Crippen molar-refractivity contribution < 1.29 is 9.59 Å². The van der Waals surface area contributed by atoms with Crippen molar-refractivity contribution in [1.82, 2.24) is 5.32 Å². The minimum atomic E-state index is -0.411. The topological polar surface area (TPSA) is 58.2 Å². The minimum Gasteiger partial charge on any atom is -0.343 e. The lowest BCUT2D eigenvalue weighted by atomic mass is 10.2. The van der Waals surface area contributed by atoms with E-state index >= 15 is 0 Å². The predicted molar refractivity (Wildman–Crippen MR) is 93.6 cm³/mol. The summed E-state index contributed by atoms with van der Waals surface area (Å²) in [6, 6.07) is 9.63. The summed E-state index contributed by atoms with van der Waals surface area (Å²) in [5.41, 5.74) is 1.81. The van der Waals surface area contributed by atoms with E-state index in [2.05, 4.69) is 10.6 Å². The Balaban J connectivity index is 1.93. The molecule has 120 valence electrons. The average Bonchev–Trinajstić information content (AvgIpc) is 2.50. The fourth-order valence-corrected chi connectivity index (χ4v) is 2.39. The molecule has 4 nitrogen and oxygen atoms in total. The van der Waals surface area contributed by atoms with Gasteiger partial charge in [-0.15, -0.1) is 0 Å². The summed E-state index contributed by atoms with van der Waals surface area (Å²) in [4.78, 5) is 23.9. The summed E-state index contributed by atoms with van der Waals surface area (Å²) < 4.78 is 0. The second-order valence-corrected chi connectivity index (χ2v) is 6.07. The highest BCUT2D eigenvalue weighted by molar-refractivity contribution is 6.42. The van der Waals surface area contributed by atoms with Gasteiger partial charge in [-0.1, -0.05) is 34.8 Å². The number of anilines is 1. The largest absolute Gasteiger partial charge is 0.343 e. The molecule has 0 saturated carbocycles. The van der Waals surface area contributed by atoms with Crippen molar-refractivity contribution in [3.8, 4) is 0 Å². The monoisotopic (exact) mass is 370 g/mol. The molecular weight excluding hydrogens is 359 g/mol. The molecule has 0 heterocycles. The standard InChI is InChI=1S/C16H13Cl3N2O2/c1-9-6-11(17)3-5-14(9)21-15(22)8-20-16(23)10-2-4-12(18)13(19)7-10/h2-7H,8H2,1H3,(H,20,23)(H,21,22). The van der Waals surface area contributed by atoms with Gasteiger partial charge >= 0.3 is 0 Å². The van der Waals surface area contributed by atoms with Crippen molar-refractivity contribution in [3.05, 3.63) is 62.6 Å². The minimum absolute atomic E-state index is 0.166. The third-order valence-electron chi connectivity index (χ3n) is 3.05. The van der Waals surface area contributed by atoms with Gasteiger partial charge in [0.05, 0.1) is 16.6 Å². The Kier molecular flexibility index (Phi) is 5.88. The molecule has 0 spiro atoms. The molecule has 0 aliphatic carbocycles. The van der Waals surface area contributed by atoms with Crippen LogP contribution in [0.5, 0.6) is 0 Å². The number of carbonyl (C=O) groups is 2. The average molecular weight is 372 g/mol. The van der Waals surface area contributed by atoms with Gasteiger partial charge in [-0.2, -0.15) is 0 Å². The Morgan fingerprint density at radius 3 is 2.39 bits per heavy atom. The number of hydrogen-bond acceptors (Lipinski definition) is 2. The summed E-state index contributed by atoms with van der Waals surface area (Å²) in [5.74, 6) is -0.754. The van der Waals surface area contributed by atoms with Crippen LogP contribution in [0, 0.1) is 6.92 Å². The van der Waals surface area contributed by atoms with E-state index < -0.39 is 5.91 Å². The SMILES string of the molecule is Cc1cc(Cl)ccc1NC(=O)CNC(=O)c1ccc(Cl)c(Cl)c1. The first-order valence-corrected chi connectivity index (χ1v) is 7.79. The molecule has 0 aliphatic rings. The van der Waals surface area contributed by atoms with Crippen molar-refractivity contribution >= 4 is 52.3 Å². The molecule has 2 aromatic carbocycles. The molecule has 2 amide bonds. The molecule has 2 rings (SSSR count). The Hall–Kier alpha value is -1.75. The van der Waals surface area contributed by atoms with E-state index in [-0.39, 0.29) is 17.5 Å². The lowest BCUT2D eigenvalue weighted by molar-refractivity contribution is -0.115. The zero-order valence-electron chi connectivity index (χ0n) is 12.1. The molecule has 0 fully saturated rings. The molecule has 0 radical (unpaired) electrons. The number of nitrogens with one attached hydrogen (secondary N) is 2. The van der Waals surface area contributed by atoms with Crippen LogP contribution in [0.4, 0.5) is 5.69 Å². The maximum Gasteiger partial charge on any atom is 0.251 e. The number of hydrogen-bond donors (Lipinski definition) is 2. The second-order valence-electron chi connectivity index (χ2n) is 4.82. The molecule has 0 bridgehead atoms. The predicted octanol–water partition coefficient (Wildman–Crippen LogP) is 4.32. The number of halogens is 3. The Morgan fingerprint density at radius 2 is 1.74 bits per heavy atom. The van der Waals surface area contributed by atoms with Crippen LogP contribution in [-0.4, -0.2) is 18.4 Å². The number of aryl methyl sites for hydroxylation is 1. The molecule has 23 heavy (non-hydrogen) atoms. The first kappa shape index (κ1) is 17.6. The highest BCUT2D eigenvalue weighted by Crippen LogP contribution is 2.22. The molecule has 7 heteroatoms. The molecule has 0 saturated heterocycles. The Morgan fingerprint density at radius 1 is 1.00 bits per heavy atom. The molecule has 0 atom stereocenters. The maximum atomic E-state index is 12.0. The first-order chi connectivity index (χ1) is 10.9. The van der Waals surface area contributed by atoms with Gasteiger partial charge in [0.25, 0.3) is 5.91 Å². The van der Waals surface area contributed by atoms with Gasteiger partial charge < -0.3 is 10.6 Å². The zero-order valence-corrected chi connectivity index (χ0v) is 14.4. The summed E-state index contributed by atoms with van der Waals surface area (Å²) >= 11 is 17.5. The third kappa shape index (κ3) is 4.86. The van der Waals surface area contributed by atoms with E-state index in [0.29, 0.717) is 21.3 Å². The van der Waals surface area contributed by atoms with Crippen LogP contribution < -0.4 is 10.6 Å². The van der Waals surface area contributed by atoms with E-state index in [9.17, 15) is 9.59 Å². The van der Waals surface area contributed by atoms with Crippen LogP contribution in [0.25, 0.3) is 0 Å². The van der Waals surface area contributed by atoms with E-state index in [1.807, 2.05) is 6.92 Å². The van der Waals surface area contributed by atoms with Crippen LogP contribution in [0.15, 0.2) is 36.4 Å². The molecule has 0 unspecified atom stereocenters. The number of benzene rings is 2. The van der Waals surface area contributed by atoms with Crippen LogP contribution in [0.2, 0.25) is 15.1 Å². The van der Waals surface area contributed by atoms with Crippen LogP contribution >= 0.6 is 34.8 Å². The summed E-state index contributed by atoms with van der Waals surface area (Å²) in [7, 11) is 0. The lowest BCUT2D eigenvalue weighted by Gasteiger charge is -2.10. The van der Waals surface area contributed by atoms with Gasteiger partial charge in [0.2, 0.25) is 5.91 Å². The van der Waals surface area contributed by atoms with Crippen LogP contribution in [-0.2, 0) is 4.79 Å². The number of amides is 2. The summed E-state index contributed by atoms with van der Waals surface area (Å²) in [6.07, 6.45) is 0. The quantitative estimate of drug-likeness (QED) is 0.840. The van der Waals surface area contributed by atoms with E-state index in [1.54, 1.807) is 18.2 Å². The number of carbonyl (C=O) groups excluding carboxylic acids is 2.